The van der Waals surface area contributed by atoms with Crippen molar-refractivity contribution in [2.75, 3.05) is 0 Å². The fourth-order valence-corrected chi connectivity index (χ4v) is 3.29. The minimum absolute atomic E-state index is 0.227. The molecule has 4 nitrogen and oxygen atoms in total. The molecule has 0 radical (unpaired) electrons. The molecule has 33 heavy (non-hydrogen) atoms. The van der Waals surface area contributed by atoms with Gasteiger partial charge in [-0.1, -0.05) is 43.3 Å². The van der Waals surface area contributed by atoms with Crippen molar-refractivity contribution < 1.29 is 28.2 Å². The number of hydrogen-bond donors (Lipinski definition) is 1. The maximum Gasteiger partial charge on any atom is 0.313 e. The molecular weight excluding hydrogens is 426 g/mol. The summed E-state index contributed by atoms with van der Waals surface area (Å²) in [6, 6.07) is 11.9. The smallest absolute Gasteiger partial charge is 0.313 e. The average Bonchev–Trinajstić information content (AvgIpc) is 2.71. The normalized spacial score (nSPS) is 12.5. The van der Waals surface area contributed by atoms with Crippen molar-refractivity contribution in [3.63, 3.8) is 0 Å². The largest absolute Gasteiger partial charge is 0.460 e. The number of esters is 1. The van der Waals surface area contributed by atoms with E-state index in [1.807, 2.05) is 6.92 Å². The zero-order valence-electron chi connectivity index (χ0n) is 19.4. The van der Waals surface area contributed by atoms with Gasteiger partial charge in [0.2, 0.25) is 0 Å². The number of rotatable bonds is 9. The van der Waals surface area contributed by atoms with E-state index in [4.69, 9.17) is 4.74 Å². The third kappa shape index (κ3) is 8.73. The second-order valence-corrected chi connectivity index (χ2v) is 8.70. The fourth-order valence-electron chi connectivity index (χ4n) is 3.29. The molecule has 1 unspecified atom stereocenters. The van der Waals surface area contributed by atoms with Gasteiger partial charge in [-0.25, -0.2) is 8.78 Å². The topological polar surface area (TPSA) is 63.6 Å². The highest BCUT2D eigenvalue weighted by atomic mass is 19.1. The van der Waals surface area contributed by atoms with Crippen LogP contribution in [0.1, 0.15) is 58.1 Å². The molecule has 0 heterocycles. The zero-order valence-corrected chi connectivity index (χ0v) is 19.4. The first-order chi connectivity index (χ1) is 15.5. The summed E-state index contributed by atoms with van der Waals surface area (Å²) in [7, 11) is 0. The summed E-state index contributed by atoms with van der Waals surface area (Å²) in [5.41, 5.74) is 2.36. The number of aliphatic hydroxyl groups excluding tert-OH is 1. The number of aliphatic hydroxyl groups is 1. The van der Waals surface area contributed by atoms with Crippen LogP contribution in [-0.4, -0.2) is 28.6 Å². The van der Waals surface area contributed by atoms with Crippen molar-refractivity contribution in [3.05, 3.63) is 89.0 Å². The summed E-state index contributed by atoms with van der Waals surface area (Å²) in [5.74, 6) is -1.80. The molecule has 0 saturated heterocycles. The minimum Gasteiger partial charge on any atom is -0.460 e. The van der Waals surface area contributed by atoms with Crippen LogP contribution < -0.4 is 0 Å². The molecule has 0 aliphatic carbocycles. The van der Waals surface area contributed by atoms with Crippen LogP contribution in [0.15, 0.2) is 66.3 Å². The molecular formula is C27H30F2O4. The van der Waals surface area contributed by atoms with Crippen molar-refractivity contribution >= 4 is 17.3 Å². The number of ether oxygens (including phenoxy) is 1. The van der Waals surface area contributed by atoms with Crippen LogP contribution in [0.2, 0.25) is 0 Å². The number of benzene rings is 2. The number of ketones is 1. The number of halogens is 2. The van der Waals surface area contributed by atoms with Gasteiger partial charge < -0.3 is 9.84 Å². The highest BCUT2D eigenvalue weighted by Crippen LogP contribution is 2.30. The maximum atomic E-state index is 13.5. The highest BCUT2D eigenvalue weighted by Gasteiger charge is 2.20. The molecule has 176 valence electrons. The minimum atomic E-state index is -1.09. The average molecular weight is 457 g/mol. The molecule has 2 aromatic carbocycles. The number of hydrogen-bond acceptors (Lipinski definition) is 4. The summed E-state index contributed by atoms with van der Waals surface area (Å²) >= 11 is 0. The Kier molecular flexibility index (Phi) is 9.23. The fraction of sp³-hybridized carbons (Fsp3) is 0.333. The van der Waals surface area contributed by atoms with E-state index in [1.165, 1.54) is 30.3 Å². The first-order valence-corrected chi connectivity index (χ1v) is 10.8. The van der Waals surface area contributed by atoms with E-state index in [0.29, 0.717) is 6.42 Å². The predicted octanol–water partition coefficient (Wildman–Crippen LogP) is 5.78. The van der Waals surface area contributed by atoms with Gasteiger partial charge in [0.1, 0.15) is 29.4 Å². The van der Waals surface area contributed by atoms with Crippen molar-refractivity contribution in [2.24, 2.45) is 0 Å². The molecule has 2 rings (SSSR count). The number of Topliss-reactive ketones (excluding diaryl/α,β-unsaturated/α-hetero) is 1. The first kappa shape index (κ1) is 26.1. The molecule has 0 saturated carbocycles. The van der Waals surface area contributed by atoms with E-state index >= 15 is 0 Å². The molecule has 0 amide bonds. The van der Waals surface area contributed by atoms with Gasteiger partial charge in [-0.2, -0.15) is 0 Å². The van der Waals surface area contributed by atoms with Crippen LogP contribution in [-0.2, 0) is 14.3 Å². The Hall–Kier alpha value is -3.12. The number of carbonyl (C=O) groups excluding carboxylic acids is 2. The standard InChI is InChI=1S/C27H30F2O4/c1-5-18(10-15-23(30)16-24(31)17-25(32)33-27(2,3)4)26(19-6-11-21(28)12-7-19)20-8-13-22(29)14-9-20/h6-15,23,30H,5,16-17H2,1-4H3. The second kappa shape index (κ2) is 11.7. The zero-order chi connectivity index (χ0) is 24.6. The Balaban J connectivity index is 2.25. The van der Waals surface area contributed by atoms with Crippen LogP contribution in [0.4, 0.5) is 8.78 Å². The van der Waals surface area contributed by atoms with E-state index in [-0.39, 0.29) is 18.1 Å². The third-order valence-electron chi connectivity index (χ3n) is 4.69. The first-order valence-electron chi connectivity index (χ1n) is 10.8. The third-order valence-corrected chi connectivity index (χ3v) is 4.69. The van der Waals surface area contributed by atoms with Gasteiger partial charge in [0.25, 0.3) is 0 Å². The van der Waals surface area contributed by atoms with E-state index in [9.17, 15) is 23.5 Å². The molecule has 0 aliphatic heterocycles. The quantitative estimate of drug-likeness (QED) is 0.295. The van der Waals surface area contributed by atoms with Gasteiger partial charge in [-0.3, -0.25) is 9.59 Å². The van der Waals surface area contributed by atoms with Crippen LogP contribution in [0.5, 0.6) is 0 Å². The lowest BCUT2D eigenvalue weighted by atomic mass is 9.91. The van der Waals surface area contributed by atoms with Crippen LogP contribution in [0.25, 0.3) is 5.57 Å². The molecule has 0 spiro atoms. The highest BCUT2D eigenvalue weighted by molar-refractivity contribution is 5.96. The predicted molar refractivity (Wildman–Crippen MR) is 124 cm³/mol. The Morgan fingerprint density at radius 2 is 1.45 bits per heavy atom. The van der Waals surface area contributed by atoms with Gasteiger partial charge >= 0.3 is 5.97 Å². The number of carbonyl (C=O) groups is 2. The lowest BCUT2D eigenvalue weighted by Gasteiger charge is -2.19. The monoisotopic (exact) mass is 456 g/mol. The van der Waals surface area contributed by atoms with Gasteiger partial charge in [-0.05, 0) is 73.7 Å². The van der Waals surface area contributed by atoms with Crippen molar-refractivity contribution in [1.29, 1.82) is 0 Å². The Bertz CT molecular complexity index is 966. The van der Waals surface area contributed by atoms with Crippen molar-refractivity contribution in [3.8, 4) is 0 Å². The van der Waals surface area contributed by atoms with Crippen LogP contribution in [0, 0.1) is 11.6 Å². The Morgan fingerprint density at radius 1 is 0.970 bits per heavy atom. The molecule has 0 aliphatic rings. The van der Waals surface area contributed by atoms with Gasteiger partial charge in [0.05, 0.1) is 6.10 Å². The van der Waals surface area contributed by atoms with E-state index in [2.05, 4.69) is 0 Å². The summed E-state index contributed by atoms with van der Waals surface area (Å²) in [6.45, 7) is 7.06. The van der Waals surface area contributed by atoms with Crippen molar-refractivity contribution in [1.82, 2.24) is 0 Å². The summed E-state index contributed by atoms with van der Waals surface area (Å²) < 4.78 is 32.1. The molecule has 0 bridgehead atoms. The molecule has 2 aromatic rings. The maximum absolute atomic E-state index is 13.5. The lowest BCUT2D eigenvalue weighted by molar-refractivity contribution is -0.156. The van der Waals surface area contributed by atoms with Gasteiger partial charge in [0, 0.05) is 6.42 Å². The van der Waals surface area contributed by atoms with Gasteiger partial charge in [0.15, 0.2) is 0 Å². The van der Waals surface area contributed by atoms with Crippen LogP contribution in [0.3, 0.4) is 0 Å². The van der Waals surface area contributed by atoms with E-state index in [1.54, 1.807) is 51.1 Å². The number of allylic oxidation sites excluding steroid dienone is 2. The molecule has 0 fully saturated rings. The molecule has 1 atom stereocenters. The summed E-state index contributed by atoms with van der Waals surface area (Å²) in [6.07, 6.45) is 2.03. The second-order valence-electron chi connectivity index (χ2n) is 8.70. The Labute approximate surface area is 193 Å². The van der Waals surface area contributed by atoms with E-state index < -0.39 is 29.9 Å². The van der Waals surface area contributed by atoms with Crippen LogP contribution >= 0.6 is 0 Å². The SMILES string of the molecule is CCC(C=CC(O)CC(=O)CC(=O)OC(C)(C)C)=C(c1ccc(F)cc1)c1ccc(F)cc1. The molecule has 0 aromatic heterocycles. The van der Waals surface area contributed by atoms with E-state index in [0.717, 1.165) is 22.3 Å². The van der Waals surface area contributed by atoms with Crippen molar-refractivity contribution in [2.45, 2.75) is 58.7 Å². The molecule has 6 heteroatoms. The lowest BCUT2D eigenvalue weighted by Crippen LogP contribution is -2.26. The summed E-state index contributed by atoms with van der Waals surface area (Å²) in [5, 5.41) is 10.3. The summed E-state index contributed by atoms with van der Waals surface area (Å²) in [4.78, 5) is 23.9. The Morgan fingerprint density at radius 3 is 1.88 bits per heavy atom. The van der Waals surface area contributed by atoms with Gasteiger partial charge in [-0.15, -0.1) is 0 Å². The molecule has 1 N–H and O–H groups in total.